The summed E-state index contributed by atoms with van der Waals surface area (Å²) in [6, 6.07) is 11.0. The fourth-order valence-electron chi connectivity index (χ4n) is 3.14. The van der Waals surface area contributed by atoms with Crippen LogP contribution in [-0.2, 0) is 16.4 Å². The average molecular weight is 467 g/mol. The van der Waals surface area contributed by atoms with Gasteiger partial charge in [0.25, 0.3) is 5.89 Å². The van der Waals surface area contributed by atoms with Gasteiger partial charge in [-0.05, 0) is 57.6 Å². The summed E-state index contributed by atoms with van der Waals surface area (Å²) in [5, 5.41) is 10.9. The lowest BCUT2D eigenvalue weighted by Gasteiger charge is -2.08. The van der Waals surface area contributed by atoms with E-state index in [-0.39, 0.29) is 12.3 Å². The second-order valence-corrected chi connectivity index (χ2v) is 10.3. The highest BCUT2D eigenvalue weighted by atomic mass is 32.2. The number of benzene rings is 1. The molecule has 0 unspecified atom stereocenters. The number of aryl methyl sites for hydroxylation is 1. The number of rotatable bonds is 7. The van der Waals surface area contributed by atoms with E-state index in [1.807, 2.05) is 31.3 Å². The molecule has 0 aliphatic heterocycles. The van der Waals surface area contributed by atoms with Gasteiger partial charge < -0.3 is 9.73 Å². The molecule has 4 aromatic rings. The molecule has 0 bridgehead atoms. The zero-order valence-corrected chi connectivity index (χ0v) is 19.6. The molecular weight excluding hydrogens is 440 g/mol. The van der Waals surface area contributed by atoms with E-state index in [9.17, 15) is 8.42 Å². The molecule has 0 saturated heterocycles. The Morgan fingerprint density at radius 3 is 2.30 bits per heavy atom. The molecule has 0 aliphatic rings. The molecule has 3 heterocycles. The monoisotopic (exact) mass is 466 g/mol. The molecule has 3 aromatic heterocycles. The summed E-state index contributed by atoms with van der Waals surface area (Å²) in [4.78, 5) is 13.2. The van der Waals surface area contributed by atoms with Gasteiger partial charge in [0, 0.05) is 25.3 Å². The third-order valence-corrected chi connectivity index (χ3v) is 7.17. The van der Waals surface area contributed by atoms with Crippen molar-refractivity contribution in [3.63, 3.8) is 0 Å². The predicted molar refractivity (Wildman–Crippen MR) is 126 cm³/mol. The molecule has 0 radical (unpaired) electrons. The molecule has 0 saturated carbocycles. The summed E-state index contributed by atoms with van der Waals surface area (Å²) in [6.07, 6.45) is 3.08. The maximum Gasteiger partial charge on any atom is 0.268 e. The van der Waals surface area contributed by atoms with Crippen LogP contribution in [0.15, 0.2) is 58.2 Å². The molecule has 172 valence electrons. The Kier molecular flexibility index (Phi) is 6.30. The van der Waals surface area contributed by atoms with Crippen LogP contribution in [0.25, 0.3) is 34.3 Å². The van der Waals surface area contributed by atoms with Gasteiger partial charge in [0.2, 0.25) is 5.89 Å². The Labute approximate surface area is 193 Å². The van der Waals surface area contributed by atoms with Crippen molar-refractivity contribution in [2.45, 2.75) is 37.6 Å². The smallest absolute Gasteiger partial charge is 0.268 e. The van der Waals surface area contributed by atoms with Crippen molar-refractivity contribution >= 4 is 9.84 Å². The van der Waals surface area contributed by atoms with E-state index in [1.54, 1.807) is 33.0 Å². The standard InChI is InChI=1S/C23H24N6O3S.H2/c1-14(2)33(30,31)20-10-9-18(12-26-20)19-13-25-15(3)21(27-19)23-29-28-22(32-23)17-7-5-16(6-8-17)11-24-4;/h5-10,12-14,24H,11H2,1-4H3;1H. The van der Waals surface area contributed by atoms with Crippen LogP contribution < -0.4 is 5.32 Å². The van der Waals surface area contributed by atoms with Crippen LogP contribution in [0.4, 0.5) is 0 Å². The van der Waals surface area contributed by atoms with Gasteiger partial charge in [0.05, 0.1) is 22.8 Å². The second-order valence-electron chi connectivity index (χ2n) is 7.81. The Balaban J connectivity index is 0.00000324. The maximum atomic E-state index is 12.3. The van der Waals surface area contributed by atoms with Gasteiger partial charge in [-0.1, -0.05) is 12.1 Å². The minimum absolute atomic E-state index is 0. The minimum atomic E-state index is -3.45. The van der Waals surface area contributed by atoms with Gasteiger partial charge in [0.15, 0.2) is 14.9 Å². The molecule has 0 amide bonds. The molecule has 0 spiro atoms. The topological polar surface area (TPSA) is 124 Å². The zero-order valence-electron chi connectivity index (χ0n) is 18.8. The molecule has 0 fully saturated rings. The molecule has 1 aromatic carbocycles. The molecule has 0 aliphatic carbocycles. The highest BCUT2D eigenvalue weighted by molar-refractivity contribution is 7.91. The van der Waals surface area contributed by atoms with E-state index in [1.165, 1.54) is 12.3 Å². The Morgan fingerprint density at radius 1 is 0.970 bits per heavy atom. The normalized spacial score (nSPS) is 11.8. The van der Waals surface area contributed by atoms with Crippen molar-refractivity contribution in [3.05, 3.63) is 60.0 Å². The van der Waals surface area contributed by atoms with Gasteiger partial charge in [-0.3, -0.25) is 4.98 Å². The van der Waals surface area contributed by atoms with Crippen LogP contribution in [0.3, 0.4) is 0 Å². The summed E-state index contributed by atoms with van der Waals surface area (Å²) in [6.45, 7) is 5.82. The van der Waals surface area contributed by atoms with E-state index < -0.39 is 15.1 Å². The van der Waals surface area contributed by atoms with Crippen LogP contribution in [0.1, 0.15) is 26.5 Å². The Hall–Kier alpha value is -3.50. The number of pyridine rings is 1. The molecule has 10 heteroatoms. The van der Waals surface area contributed by atoms with Crippen molar-refractivity contribution < 1.29 is 14.3 Å². The van der Waals surface area contributed by atoms with E-state index in [2.05, 4.69) is 30.5 Å². The predicted octanol–water partition coefficient (Wildman–Crippen LogP) is 3.71. The number of hydrogen-bond donors (Lipinski definition) is 1. The zero-order chi connectivity index (χ0) is 23.6. The average Bonchev–Trinajstić information content (AvgIpc) is 3.30. The Bertz CT molecular complexity index is 1370. The highest BCUT2D eigenvalue weighted by Gasteiger charge is 2.21. The van der Waals surface area contributed by atoms with Crippen molar-refractivity contribution in [3.8, 4) is 34.3 Å². The van der Waals surface area contributed by atoms with Gasteiger partial charge in [0.1, 0.15) is 5.69 Å². The molecule has 9 nitrogen and oxygen atoms in total. The van der Waals surface area contributed by atoms with Gasteiger partial charge >= 0.3 is 0 Å². The number of nitrogens with zero attached hydrogens (tertiary/aromatic N) is 5. The first kappa shape index (κ1) is 22.7. The van der Waals surface area contributed by atoms with Gasteiger partial charge in [-0.2, -0.15) is 0 Å². The molecule has 0 atom stereocenters. The van der Waals surface area contributed by atoms with E-state index in [4.69, 9.17) is 4.42 Å². The van der Waals surface area contributed by atoms with Crippen LogP contribution >= 0.6 is 0 Å². The van der Waals surface area contributed by atoms with Crippen molar-refractivity contribution in [1.29, 1.82) is 0 Å². The summed E-state index contributed by atoms with van der Waals surface area (Å²) < 4.78 is 30.5. The van der Waals surface area contributed by atoms with Gasteiger partial charge in [-0.15, -0.1) is 10.2 Å². The van der Waals surface area contributed by atoms with E-state index in [0.29, 0.717) is 28.5 Å². The molecule has 1 N–H and O–H groups in total. The number of nitrogens with one attached hydrogen (secondary N) is 1. The highest BCUT2D eigenvalue weighted by Crippen LogP contribution is 2.27. The summed E-state index contributed by atoms with van der Waals surface area (Å²) in [5.41, 5.74) is 4.19. The van der Waals surface area contributed by atoms with Gasteiger partial charge in [-0.25, -0.2) is 18.4 Å². The third kappa shape index (κ3) is 4.67. The first-order chi connectivity index (χ1) is 15.8. The Morgan fingerprint density at radius 2 is 1.67 bits per heavy atom. The number of aromatic nitrogens is 5. The summed E-state index contributed by atoms with van der Waals surface area (Å²) in [7, 11) is -1.55. The first-order valence-electron chi connectivity index (χ1n) is 10.4. The fraction of sp³-hybridized carbons (Fsp3) is 0.261. The lowest BCUT2D eigenvalue weighted by molar-refractivity contribution is 0.581. The summed E-state index contributed by atoms with van der Waals surface area (Å²) >= 11 is 0. The number of hydrogen-bond acceptors (Lipinski definition) is 9. The van der Waals surface area contributed by atoms with Crippen LogP contribution in [0.5, 0.6) is 0 Å². The van der Waals surface area contributed by atoms with E-state index in [0.717, 1.165) is 17.7 Å². The molecular formula is C23H26N6O3S. The summed E-state index contributed by atoms with van der Waals surface area (Å²) in [5.74, 6) is 0.639. The van der Waals surface area contributed by atoms with Crippen LogP contribution in [-0.4, -0.2) is 45.9 Å². The fourth-order valence-corrected chi connectivity index (χ4v) is 4.08. The van der Waals surface area contributed by atoms with Crippen molar-refractivity contribution in [2.75, 3.05) is 7.05 Å². The second kappa shape index (κ2) is 9.16. The van der Waals surface area contributed by atoms with Crippen molar-refractivity contribution in [2.24, 2.45) is 0 Å². The largest absolute Gasteiger partial charge is 0.415 e. The number of sulfone groups is 1. The molecule has 4 rings (SSSR count). The van der Waals surface area contributed by atoms with Crippen molar-refractivity contribution in [1.82, 2.24) is 30.5 Å². The molecule has 33 heavy (non-hydrogen) atoms. The lowest BCUT2D eigenvalue weighted by Crippen LogP contribution is -2.15. The van der Waals surface area contributed by atoms with Crippen LogP contribution in [0.2, 0.25) is 0 Å². The minimum Gasteiger partial charge on any atom is -0.415 e. The quantitative estimate of drug-likeness (QED) is 0.434. The van der Waals surface area contributed by atoms with Crippen LogP contribution in [0, 0.1) is 6.92 Å². The lowest BCUT2D eigenvalue weighted by atomic mass is 10.1. The first-order valence-corrected chi connectivity index (χ1v) is 12.0. The van der Waals surface area contributed by atoms with E-state index >= 15 is 0 Å². The maximum absolute atomic E-state index is 12.3. The third-order valence-electron chi connectivity index (χ3n) is 5.11. The SMILES string of the molecule is CNCc1ccc(-c2nnc(-c3nc(-c4ccc(S(=O)(=O)C(C)C)nc4)cnc3C)o2)cc1.[HH].